The van der Waals surface area contributed by atoms with E-state index >= 15 is 0 Å². The predicted molar refractivity (Wildman–Crippen MR) is 106 cm³/mol. The highest BCUT2D eigenvalue weighted by Gasteiger charge is 2.48. The van der Waals surface area contributed by atoms with Crippen LogP contribution in [0.3, 0.4) is 0 Å². The van der Waals surface area contributed by atoms with Gasteiger partial charge in [-0.3, -0.25) is 0 Å². The highest BCUT2D eigenvalue weighted by atomic mass is 35.5. The molecule has 33 heavy (non-hydrogen) atoms. The van der Waals surface area contributed by atoms with Gasteiger partial charge >= 0.3 is 24.3 Å². The molecule has 0 aromatic heterocycles. The van der Waals surface area contributed by atoms with Crippen LogP contribution in [-0.2, 0) is 9.59 Å². The lowest BCUT2D eigenvalue weighted by atomic mass is 9.95. The first-order chi connectivity index (χ1) is 15.0. The zero-order valence-corrected chi connectivity index (χ0v) is 17.1. The van der Waals surface area contributed by atoms with E-state index in [4.69, 9.17) is 37.1 Å². The van der Waals surface area contributed by atoms with Gasteiger partial charge in [0.1, 0.15) is 5.75 Å². The Morgan fingerprint density at radius 2 is 1.64 bits per heavy atom. The molecule has 0 fully saturated rings. The van der Waals surface area contributed by atoms with Gasteiger partial charge in [0.05, 0.1) is 5.57 Å². The molecule has 1 unspecified atom stereocenters. The molecule has 0 saturated carbocycles. The van der Waals surface area contributed by atoms with Gasteiger partial charge in [-0.25, -0.2) is 9.59 Å². The van der Waals surface area contributed by atoms with Crippen LogP contribution in [0.15, 0.2) is 35.9 Å². The number of anilines is 1. The van der Waals surface area contributed by atoms with Crippen molar-refractivity contribution in [3.8, 4) is 16.9 Å². The van der Waals surface area contributed by atoms with Gasteiger partial charge in [-0.2, -0.15) is 26.3 Å². The fourth-order valence-corrected chi connectivity index (χ4v) is 2.94. The number of aryl methyl sites for hydroxylation is 1. The van der Waals surface area contributed by atoms with Crippen molar-refractivity contribution >= 4 is 35.3 Å². The van der Waals surface area contributed by atoms with Crippen molar-refractivity contribution < 1.29 is 50.9 Å². The van der Waals surface area contributed by atoms with E-state index in [1.54, 1.807) is 25.1 Å². The fraction of sp³-hybridized carbons (Fsp3) is 0.200. The minimum Gasteiger partial charge on any atom is -0.478 e. The number of benzene rings is 2. The number of nitrogen functional groups attached to an aromatic ring is 1. The van der Waals surface area contributed by atoms with E-state index in [9.17, 15) is 31.1 Å². The van der Waals surface area contributed by atoms with Crippen LogP contribution in [0.4, 0.5) is 32.0 Å². The van der Waals surface area contributed by atoms with E-state index in [-0.39, 0.29) is 16.3 Å². The van der Waals surface area contributed by atoms with Gasteiger partial charge in [0.15, 0.2) is 0 Å². The monoisotopic (exact) mass is 497 g/mol. The standard InChI is InChI=1S/C18H13ClF3NO3.C2HF3O2/c1-8-2-3-9(6-14(8)23)12-7-11(19)4-10-5-13(17(24)25)16(18(20,21)22)26-15(10)12;3-2(4,5)1(6)7/h2-7,16H,23H2,1H3,(H,24,25);(H,6,7). The quantitative estimate of drug-likeness (QED) is 0.382. The predicted octanol–water partition coefficient (Wildman–Crippen LogP) is 5.32. The molecule has 1 aliphatic heterocycles. The Bertz CT molecular complexity index is 1130. The Balaban J connectivity index is 0.000000479. The molecule has 2 aromatic carbocycles. The van der Waals surface area contributed by atoms with Crippen molar-refractivity contribution in [1.29, 1.82) is 0 Å². The van der Waals surface area contributed by atoms with E-state index in [2.05, 4.69) is 0 Å². The first kappa shape index (κ1) is 25.8. The van der Waals surface area contributed by atoms with Crippen LogP contribution in [0.25, 0.3) is 17.2 Å². The molecule has 0 saturated heterocycles. The van der Waals surface area contributed by atoms with E-state index in [0.29, 0.717) is 16.8 Å². The van der Waals surface area contributed by atoms with E-state index in [0.717, 1.165) is 11.6 Å². The van der Waals surface area contributed by atoms with Gasteiger partial charge in [-0.1, -0.05) is 23.7 Å². The summed E-state index contributed by atoms with van der Waals surface area (Å²) in [5.74, 6) is -4.56. The minimum atomic E-state index is -5.08. The molecule has 3 rings (SSSR count). The summed E-state index contributed by atoms with van der Waals surface area (Å²) >= 11 is 6.07. The summed E-state index contributed by atoms with van der Waals surface area (Å²) in [5.41, 5.74) is 7.23. The molecule has 1 atom stereocenters. The summed E-state index contributed by atoms with van der Waals surface area (Å²) in [5, 5.41) is 16.5. The topological polar surface area (TPSA) is 110 Å². The number of rotatable bonds is 2. The zero-order valence-electron chi connectivity index (χ0n) is 16.4. The van der Waals surface area contributed by atoms with E-state index < -0.39 is 36.0 Å². The zero-order chi connectivity index (χ0) is 25.3. The van der Waals surface area contributed by atoms with Crippen molar-refractivity contribution in [2.75, 3.05) is 5.73 Å². The maximum Gasteiger partial charge on any atom is 0.490 e. The number of alkyl halides is 6. The number of halogens is 7. The summed E-state index contributed by atoms with van der Waals surface area (Å²) in [6.45, 7) is 1.80. The van der Waals surface area contributed by atoms with E-state index in [1.807, 2.05) is 0 Å². The summed E-state index contributed by atoms with van der Waals surface area (Å²) in [6.07, 6.45) is -11.6. The molecule has 0 spiro atoms. The number of aliphatic carboxylic acids is 2. The van der Waals surface area contributed by atoms with Crippen LogP contribution < -0.4 is 10.5 Å². The lowest BCUT2D eigenvalue weighted by molar-refractivity contribution is -0.192. The third kappa shape index (κ3) is 6.09. The lowest BCUT2D eigenvalue weighted by Crippen LogP contribution is -2.40. The molecule has 1 aliphatic rings. The Kier molecular flexibility index (Phi) is 7.22. The first-order valence-corrected chi connectivity index (χ1v) is 9.08. The maximum atomic E-state index is 13.3. The molecule has 6 nitrogen and oxygen atoms in total. The number of carboxylic acid groups (broad SMARTS) is 2. The normalized spacial score (nSPS) is 15.4. The smallest absolute Gasteiger partial charge is 0.478 e. The van der Waals surface area contributed by atoms with Crippen LogP contribution in [0, 0.1) is 6.92 Å². The Morgan fingerprint density at radius 1 is 1.06 bits per heavy atom. The number of ether oxygens (including phenoxy) is 1. The molecule has 13 heteroatoms. The highest BCUT2D eigenvalue weighted by molar-refractivity contribution is 6.31. The van der Waals surface area contributed by atoms with Crippen LogP contribution in [-0.4, -0.2) is 40.6 Å². The van der Waals surface area contributed by atoms with Crippen LogP contribution in [0.2, 0.25) is 5.02 Å². The fourth-order valence-electron chi connectivity index (χ4n) is 2.72. The van der Waals surface area contributed by atoms with Gasteiger partial charge in [0.2, 0.25) is 6.10 Å². The second-order valence-electron chi connectivity index (χ2n) is 6.69. The number of carboxylic acids is 2. The molecule has 2 aromatic rings. The number of hydrogen-bond acceptors (Lipinski definition) is 4. The molecule has 0 radical (unpaired) electrons. The number of hydrogen-bond donors (Lipinski definition) is 3. The Hall–Kier alpha value is -3.41. The van der Waals surface area contributed by atoms with Crippen LogP contribution in [0.1, 0.15) is 11.1 Å². The van der Waals surface area contributed by atoms with Gasteiger partial charge in [0, 0.05) is 21.8 Å². The van der Waals surface area contributed by atoms with Crippen molar-refractivity contribution in [2.45, 2.75) is 25.4 Å². The molecule has 4 N–H and O–H groups in total. The summed E-state index contributed by atoms with van der Waals surface area (Å²) in [7, 11) is 0. The first-order valence-electron chi connectivity index (χ1n) is 8.70. The average Bonchev–Trinajstić information content (AvgIpc) is 2.67. The van der Waals surface area contributed by atoms with E-state index in [1.165, 1.54) is 12.1 Å². The number of fused-ring (bicyclic) bond motifs is 1. The van der Waals surface area contributed by atoms with Crippen LogP contribution >= 0.6 is 11.6 Å². The molecule has 0 aliphatic carbocycles. The third-order valence-corrected chi connectivity index (χ3v) is 4.51. The summed E-state index contributed by atoms with van der Waals surface area (Å²) in [6, 6.07) is 7.81. The molecular formula is C20H14ClF6NO5. The largest absolute Gasteiger partial charge is 0.490 e. The average molecular weight is 498 g/mol. The SMILES string of the molecule is Cc1ccc(-c2cc(Cl)cc3c2OC(C(F)(F)F)C(C(=O)O)=C3)cc1N.O=C(O)C(F)(F)F. The van der Waals surface area contributed by atoms with Crippen molar-refractivity contribution in [3.63, 3.8) is 0 Å². The minimum absolute atomic E-state index is 0.0926. The molecule has 0 bridgehead atoms. The van der Waals surface area contributed by atoms with Gasteiger partial charge in [0.25, 0.3) is 0 Å². The lowest BCUT2D eigenvalue weighted by Gasteiger charge is -2.28. The van der Waals surface area contributed by atoms with Crippen LogP contribution in [0.5, 0.6) is 5.75 Å². The summed E-state index contributed by atoms with van der Waals surface area (Å²) in [4.78, 5) is 20.1. The van der Waals surface area contributed by atoms with Gasteiger partial charge in [-0.05, 0) is 42.3 Å². The van der Waals surface area contributed by atoms with Crippen molar-refractivity contribution in [1.82, 2.24) is 0 Å². The number of nitrogens with two attached hydrogens (primary N) is 1. The molecule has 178 valence electrons. The number of carbonyl (C=O) groups is 2. The maximum absolute atomic E-state index is 13.3. The summed E-state index contributed by atoms with van der Waals surface area (Å²) < 4.78 is 76.7. The van der Waals surface area contributed by atoms with Gasteiger partial charge < -0.3 is 20.7 Å². The molecule has 1 heterocycles. The molecule has 0 amide bonds. The highest BCUT2D eigenvalue weighted by Crippen LogP contribution is 2.44. The van der Waals surface area contributed by atoms with Crippen molar-refractivity contribution in [3.05, 3.63) is 52.1 Å². The molecular weight excluding hydrogens is 484 g/mol. The Morgan fingerprint density at radius 3 is 2.09 bits per heavy atom. The second kappa shape index (κ2) is 9.22. The third-order valence-electron chi connectivity index (χ3n) is 4.29. The Labute approximate surface area is 186 Å². The van der Waals surface area contributed by atoms with Gasteiger partial charge in [-0.15, -0.1) is 0 Å². The van der Waals surface area contributed by atoms with Crippen molar-refractivity contribution in [2.24, 2.45) is 0 Å². The second-order valence-corrected chi connectivity index (χ2v) is 7.13.